The fourth-order valence-electron chi connectivity index (χ4n) is 3.55. The molecular weight excluding hydrogens is 457 g/mol. The number of nitrogens with one attached hydrogen (secondary N) is 1. The quantitative estimate of drug-likeness (QED) is 0.671. The molecule has 2 aromatic rings. The molecule has 0 fully saturated rings. The third-order valence-corrected chi connectivity index (χ3v) is 5.62. The normalized spacial score (nSPS) is 22.1. The Morgan fingerprint density at radius 3 is 2.87 bits per heavy atom. The van der Waals surface area contributed by atoms with Crippen LogP contribution in [0.2, 0.25) is 0 Å². The van der Waals surface area contributed by atoms with E-state index in [2.05, 4.69) is 15.3 Å². The SMILES string of the molecule is N#Cc1ccc(C(=O)Nc2ccc3c(c2)C2(CCO3)N=C([AsH2])COCC2(F)F)nc1. The van der Waals surface area contributed by atoms with Crippen molar-refractivity contribution in [3.63, 3.8) is 0 Å². The van der Waals surface area contributed by atoms with Crippen LogP contribution in [-0.2, 0) is 10.3 Å². The van der Waals surface area contributed by atoms with E-state index in [1.807, 2.05) is 6.07 Å². The minimum absolute atomic E-state index is 0.00163. The topological polar surface area (TPSA) is 96.6 Å². The summed E-state index contributed by atoms with van der Waals surface area (Å²) in [6, 6.07) is 9.42. The van der Waals surface area contributed by atoms with Gasteiger partial charge in [0.1, 0.15) is 6.07 Å². The Morgan fingerprint density at radius 2 is 2.13 bits per heavy atom. The summed E-state index contributed by atoms with van der Waals surface area (Å²) in [5.41, 5.74) is -0.857. The molecule has 10 heteroatoms. The number of benzene rings is 1. The Labute approximate surface area is 179 Å². The molecule has 3 heterocycles. The molecule has 1 N–H and O–H groups in total. The van der Waals surface area contributed by atoms with Gasteiger partial charge in [0.05, 0.1) is 0 Å². The molecule has 7 nitrogen and oxygen atoms in total. The van der Waals surface area contributed by atoms with Gasteiger partial charge in [-0.15, -0.1) is 0 Å². The number of carbonyl (C=O) groups excluding carboxylic acids is 1. The number of amides is 1. The first-order valence-corrected chi connectivity index (χ1v) is 10.3. The van der Waals surface area contributed by atoms with E-state index in [0.717, 1.165) is 16.9 Å². The number of aromatic nitrogens is 1. The van der Waals surface area contributed by atoms with E-state index in [1.165, 1.54) is 24.4 Å². The van der Waals surface area contributed by atoms with Crippen molar-refractivity contribution in [1.29, 1.82) is 5.26 Å². The van der Waals surface area contributed by atoms with Crippen molar-refractivity contribution in [1.82, 2.24) is 4.98 Å². The van der Waals surface area contributed by atoms with Gasteiger partial charge in [-0.2, -0.15) is 5.26 Å². The van der Waals surface area contributed by atoms with E-state index in [0.29, 0.717) is 21.5 Å². The van der Waals surface area contributed by atoms with Gasteiger partial charge in [-0.3, -0.25) is 0 Å². The predicted octanol–water partition coefficient (Wildman–Crippen LogP) is 1.88. The van der Waals surface area contributed by atoms with Gasteiger partial charge in [0.2, 0.25) is 0 Å². The van der Waals surface area contributed by atoms with E-state index in [9.17, 15) is 4.79 Å². The number of pyridine rings is 1. The van der Waals surface area contributed by atoms with Crippen molar-refractivity contribution < 1.29 is 23.0 Å². The standard InChI is InChI=1S/C20H17AsF2N4O3/c21-17-10-29-11-20(22,23)19(27-17)5-6-30-16-4-2-13(7-14(16)19)26-18(28)15-3-1-12(8-24)9-25-15/h1-4,7,9H,5-6,10-11,21H2,(H,26,28). The van der Waals surface area contributed by atoms with E-state index in [-0.39, 0.29) is 30.9 Å². The van der Waals surface area contributed by atoms with E-state index < -0.39 is 24.0 Å². The number of halogens is 2. The van der Waals surface area contributed by atoms with Gasteiger partial charge < -0.3 is 0 Å². The minimum atomic E-state index is -3.24. The number of rotatable bonds is 2. The zero-order valence-electron chi connectivity index (χ0n) is 15.7. The van der Waals surface area contributed by atoms with Crippen LogP contribution in [0.15, 0.2) is 41.5 Å². The summed E-state index contributed by atoms with van der Waals surface area (Å²) in [4.78, 5) is 20.8. The third kappa shape index (κ3) is 3.57. The zero-order valence-corrected chi connectivity index (χ0v) is 18.1. The van der Waals surface area contributed by atoms with Crippen LogP contribution in [0.5, 0.6) is 5.75 Å². The van der Waals surface area contributed by atoms with Crippen LogP contribution >= 0.6 is 0 Å². The predicted molar refractivity (Wildman–Crippen MR) is 107 cm³/mol. The third-order valence-electron chi connectivity index (χ3n) is 5.00. The van der Waals surface area contributed by atoms with E-state index in [1.54, 1.807) is 12.1 Å². The first-order chi connectivity index (χ1) is 14.3. The molecule has 0 aliphatic carbocycles. The Hall–Kier alpha value is -2.82. The molecule has 0 bridgehead atoms. The molecule has 1 aromatic carbocycles. The van der Waals surface area contributed by atoms with Crippen LogP contribution in [0.4, 0.5) is 14.5 Å². The molecule has 1 amide bonds. The average molecular weight is 474 g/mol. The van der Waals surface area contributed by atoms with Crippen molar-refractivity contribution in [2.24, 2.45) is 4.99 Å². The molecular formula is C20H17AsF2N4O3. The maximum absolute atomic E-state index is 15.2. The number of hydrogen-bond acceptors (Lipinski definition) is 6. The summed E-state index contributed by atoms with van der Waals surface area (Å²) in [6.45, 7) is -0.573. The molecule has 4 rings (SSSR count). The van der Waals surface area contributed by atoms with Crippen LogP contribution in [0.3, 0.4) is 0 Å². The van der Waals surface area contributed by atoms with Crippen LogP contribution in [0.1, 0.15) is 28.0 Å². The summed E-state index contributed by atoms with van der Waals surface area (Å²) in [5.74, 6) is -3.46. The van der Waals surface area contributed by atoms with Gasteiger partial charge >= 0.3 is 168 Å². The molecule has 2 unspecified atom stereocenters. The summed E-state index contributed by atoms with van der Waals surface area (Å²) >= 11 is 1.14. The molecule has 30 heavy (non-hydrogen) atoms. The van der Waals surface area contributed by atoms with Gasteiger partial charge in [-0.25, -0.2) is 0 Å². The second kappa shape index (κ2) is 7.78. The van der Waals surface area contributed by atoms with Gasteiger partial charge in [0, 0.05) is 0 Å². The Balaban J connectivity index is 1.71. The summed E-state index contributed by atoms with van der Waals surface area (Å²) in [6.07, 6.45) is 1.29. The summed E-state index contributed by atoms with van der Waals surface area (Å²) in [7, 11) is 0. The first kappa shape index (κ1) is 20.5. The first-order valence-electron chi connectivity index (χ1n) is 9.09. The van der Waals surface area contributed by atoms with Gasteiger partial charge in [-0.05, 0) is 0 Å². The summed E-state index contributed by atoms with van der Waals surface area (Å²) in [5, 5.41) is 11.5. The fraction of sp³-hybridized carbons (Fsp3) is 0.300. The Morgan fingerprint density at radius 1 is 1.30 bits per heavy atom. The van der Waals surface area contributed by atoms with Crippen LogP contribution in [0, 0.1) is 11.3 Å². The molecule has 1 spiro atoms. The number of alkyl halides is 2. The van der Waals surface area contributed by atoms with Crippen LogP contribution in [-0.4, -0.2) is 58.0 Å². The number of ether oxygens (including phenoxy) is 2. The fourth-order valence-corrected chi connectivity index (χ4v) is 4.26. The van der Waals surface area contributed by atoms with Crippen molar-refractivity contribution in [2.45, 2.75) is 17.9 Å². The molecule has 0 saturated carbocycles. The van der Waals surface area contributed by atoms with Crippen molar-refractivity contribution >= 4 is 32.9 Å². The molecule has 1 aromatic heterocycles. The van der Waals surface area contributed by atoms with Crippen LogP contribution in [0.25, 0.3) is 0 Å². The molecule has 154 valence electrons. The molecule has 0 saturated heterocycles. The van der Waals surface area contributed by atoms with Gasteiger partial charge in [0.15, 0.2) is 0 Å². The number of fused-ring (bicyclic) bond motifs is 2. The second-order valence-electron chi connectivity index (χ2n) is 6.97. The molecule has 2 aliphatic heterocycles. The van der Waals surface area contributed by atoms with E-state index >= 15 is 8.78 Å². The van der Waals surface area contributed by atoms with Gasteiger partial charge in [0.25, 0.3) is 0 Å². The second-order valence-corrected chi connectivity index (χ2v) is 8.37. The number of aliphatic imine (C=N–C) groups is 1. The number of carbonyl (C=O) groups is 1. The molecule has 2 atom stereocenters. The zero-order chi connectivity index (χ0) is 21.4. The van der Waals surface area contributed by atoms with Crippen molar-refractivity contribution in [3.8, 4) is 11.8 Å². The number of nitrogens with zero attached hydrogens (tertiary/aromatic N) is 3. The Kier molecular flexibility index (Phi) is 5.31. The maximum atomic E-state index is 15.2. The number of hydrogen-bond donors (Lipinski definition) is 1. The van der Waals surface area contributed by atoms with Gasteiger partial charge in [-0.1, -0.05) is 0 Å². The number of nitriles is 1. The monoisotopic (exact) mass is 474 g/mol. The molecule has 2 aliphatic rings. The van der Waals surface area contributed by atoms with Crippen molar-refractivity contribution in [2.75, 3.05) is 25.1 Å². The van der Waals surface area contributed by atoms with E-state index in [4.69, 9.17) is 14.7 Å². The van der Waals surface area contributed by atoms with Crippen molar-refractivity contribution in [3.05, 3.63) is 53.3 Å². The number of anilines is 1. The molecule has 0 radical (unpaired) electrons. The summed E-state index contributed by atoms with van der Waals surface area (Å²) < 4.78 is 41.6. The Bertz CT molecular complexity index is 1070. The average Bonchev–Trinajstić information content (AvgIpc) is 2.84. The van der Waals surface area contributed by atoms with Crippen LogP contribution < -0.4 is 10.1 Å².